The molecule has 3 rings (SSSR count). The lowest BCUT2D eigenvalue weighted by Crippen LogP contribution is -2.35. The molecule has 0 bridgehead atoms. The summed E-state index contributed by atoms with van der Waals surface area (Å²) >= 11 is 3.46. The molecule has 19 heavy (non-hydrogen) atoms. The highest BCUT2D eigenvalue weighted by molar-refractivity contribution is 9.10. The lowest BCUT2D eigenvalue weighted by molar-refractivity contribution is 0.230. The second-order valence-corrected chi connectivity index (χ2v) is 6.68. The second kappa shape index (κ2) is 5.81. The van der Waals surface area contributed by atoms with Crippen molar-refractivity contribution in [3.05, 3.63) is 28.2 Å². The first-order chi connectivity index (χ1) is 9.22. The number of rotatable bonds is 3. The Morgan fingerprint density at radius 1 is 1.21 bits per heavy atom. The quantitative estimate of drug-likeness (QED) is 0.868. The minimum atomic E-state index is 0.777. The third-order valence-corrected chi connectivity index (χ3v) is 4.90. The fourth-order valence-electron chi connectivity index (χ4n) is 3.31. The number of anilines is 1. The van der Waals surface area contributed by atoms with Gasteiger partial charge in [0.2, 0.25) is 0 Å². The molecular formula is C15H22BrN3. The fraction of sp³-hybridized carbons (Fsp3) is 0.600. The van der Waals surface area contributed by atoms with Crippen LogP contribution >= 0.6 is 15.9 Å². The first kappa shape index (κ1) is 13.4. The van der Waals surface area contributed by atoms with E-state index in [2.05, 4.69) is 37.9 Å². The number of nitrogens with zero attached hydrogens (tertiary/aromatic N) is 2. The van der Waals surface area contributed by atoms with Crippen LogP contribution < -0.4 is 5.73 Å². The average Bonchev–Trinajstić information content (AvgIpc) is 3.03. The average molecular weight is 324 g/mol. The van der Waals surface area contributed by atoms with Gasteiger partial charge in [-0.05, 0) is 50.0 Å². The van der Waals surface area contributed by atoms with Crippen molar-refractivity contribution in [3.63, 3.8) is 0 Å². The lowest BCUT2D eigenvalue weighted by atomic mass is 10.2. The Morgan fingerprint density at radius 2 is 2.00 bits per heavy atom. The Kier molecular flexibility index (Phi) is 4.10. The molecule has 0 amide bonds. The molecule has 104 valence electrons. The van der Waals surface area contributed by atoms with Gasteiger partial charge < -0.3 is 5.73 Å². The predicted octanol–water partition coefficient (Wildman–Crippen LogP) is 2.70. The summed E-state index contributed by atoms with van der Waals surface area (Å²) in [6.45, 7) is 6.01. The Balaban J connectivity index is 1.59. The van der Waals surface area contributed by atoms with E-state index in [9.17, 15) is 0 Å². The van der Waals surface area contributed by atoms with Crippen LogP contribution in [0.2, 0.25) is 0 Å². The molecule has 2 N–H and O–H groups in total. The Bertz CT molecular complexity index is 443. The van der Waals surface area contributed by atoms with Crippen molar-refractivity contribution in [3.8, 4) is 0 Å². The molecule has 3 nitrogen and oxygen atoms in total. The van der Waals surface area contributed by atoms with Gasteiger partial charge in [0, 0.05) is 35.8 Å². The molecule has 2 fully saturated rings. The van der Waals surface area contributed by atoms with Crippen LogP contribution in [0.5, 0.6) is 0 Å². The van der Waals surface area contributed by atoms with E-state index in [0.29, 0.717) is 0 Å². The van der Waals surface area contributed by atoms with E-state index < -0.39 is 0 Å². The zero-order valence-electron chi connectivity index (χ0n) is 11.3. The molecule has 1 aromatic carbocycles. The van der Waals surface area contributed by atoms with Crippen molar-refractivity contribution in [1.29, 1.82) is 0 Å². The summed E-state index contributed by atoms with van der Waals surface area (Å²) in [6.07, 6.45) is 4.09. The van der Waals surface area contributed by atoms with Gasteiger partial charge in [-0.3, -0.25) is 9.80 Å². The summed E-state index contributed by atoms with van der Waals surface area (Å²) in [5.41, 5.74) is 8.25. The molecule has 0 radical (unpaired) electrons. The van der Waals surface area contributed by atoms with Crippen molar-refractivity contribution in [2.45, 2.75) is 31.8 Å². The molecular weight excluding hydrogens is 302 g/mol. The topological polar surface area (TPSA) is 32.5 Å². The minimum absolute atomic E-state index is 0.777. The van der Waals surface area contributed by atoms with Crippen LogP contribution in [0, 0.1) is 0 Å². The summed E-state index contributed by atoms with van der Waals surface area (Å²) in [6, 6.07) is 7.00. The highest BCUT2D eigenvalue weighted by atomic mass is 79.9. The molecule has 2 saturated heterocycles. The van der Waals surface area contributed by atoms with Gasteiger partial charge in [-0.2, -0.15) is 0 Å². The van der Waals surface area contributed by atoms with E-state index in [-0.39, 0.29) is 0 Å². The molecule has 2 aliphatic rings. The molecule has 4 heteroatoms. The third kappa shape index (κ3) is 3.12. The summed E-state index contributed by atoms with van der Waals surface area (Å²) < 4.78 is 1.06. The van der Waals surface area contributed by atoms with Crippen LogP contribution in [0.1, 0.15) is 24.8 Å². The van der Waals surface area contributed by atoms with Gasteiger partial charge in [0.05, 0.1) is 0 Å². The van der Waals surface area contributed by atoms with Crippen LogP contribution in [-0.2, 0) is 6.54 Å². The Morgan fingerprint density at radius 3 is 2.74 bits per heavy atom. The maximum Gasteiger partial charge on any atom is 0.0371 e. The van der Waals surface area contributed by atoms with Gasteiger partial charge in [0.1, 0.15) is 0 Å². The van der Waals surface area contributed by atoms with Crippen LogP contribution in [0.25, 0.3) is 0 Å². The summed E-state index contributed by atoms with van der Waals surface area (Å²) in [7, 11) is 0. The van der Waals surface area contributed by atoms with E-state index in [1.807, 2.05) is 6.07 Å². The van der Waals surface area contributed by atoms with Gasteiger partial charge in [-0.15, -0.1) is 0 Å². The highest BCUT2D eigenvalue weighted by Crippen LogP contribution is 2.24. The largest absolute Gasteiger partial charge is 0.398 e. The second-order valence-electron chi connectivity index (χ2n) is 5.76. The van der Waals surface area contributed by atoms with E-state index in [4.69, 9.17) is 5.73 Å². The maximum absolute atomic E-state index is 6.09. The van der Waals surface area contributed by atoms with Gasteiger partial charge in [-0.1, -0.05) is 22.0 Å². The number of nitrogens with two attached hydrogens (primary N) is 1. The van der Waals surface area contributed by atoms with E-state index in [0.717, 1.165) is 22.7 Å². The number of benzene rings is 1. The van der Waals surface area contributed by atoms with Crippen LogP contribution in [0.3, 0.4) is 0 Å². The normalized spacial score (nSPS) is 25.2. The van der Waals surface area contributed by atoms with Crippen LogP contribution in [0.4, 0.5) is 5.69 Å². The first-order valence-electron chi connectivity index (χ1n) is 7.23. The first-order valence-corrected chi connectivity index (χ1v) is 8.02. The van der Waals surface area contributed by atoms with Crippen molar-refractivity contribution >= 4 is 21.6 Å². The number of likely N-dealkylation sites (tertiary alicyclic amines) is 2. The third-order valence-electron chi connectivity index (χ3n) is 4.41. The minimum Gasteiger partial charge on any atom is -0.398 e. The fourth-order valence-corrected chi connectivity index (χ4v) is 3.69. The highest BCUT2D eigenvalue weighted by Gasteiger charge is 2.29. The number of hydrogen-bond donors (Lipinski definition) is 1. The zero-order valence-corrected chi connectivity index (χ0v) is 12.9. The molecule has 1 aromatic rings. The summed E-state index contributed by atoms with van der Waals surface area (Å²) in [4.78, 5) is 5.22. The maximum atomic E-state index is 6.09. The zero-order chi connectivity index (χ0) is 13.2. The lowest BCUT2D eigenvalue weighted by Gasteiger charge is -2.24. The smallest absolute Gasteiger partial charge is 0.0371 e. The van der Waals surface area contributed by atoms with Gasteiger partial charge >= 0.3 is 0 Å². The molecule has 0 saturated carbocycles. The number of nitrogen functional groups attached to an aromatic ring is 1. The molecule has 1 unspecified atom stereocenters. The standard InChI is InChI=1S/C15H22BrN3/c16-13-4-3-12(15(17)9-13)10-18-8-5-14(11-18)19-6-1-2-7-19/h3-4,9,14H,1-2,5-8,10-11,17H2. The van der Waals surface area contributed by atoms with E-state index >= 15 is 0 Å². The SMILES string of the molecule is Nc1cc(Br)ccc1CN1CCC(N2CCCC2)C1. The van der Waals surface area contributed by atoms with Crippen molar-refractivity contribution in [2.75, 3.05) is 31.9 Å². The van der Waals surface area contributed by atoms with Crippen LogP contribution in [-0.4, -0.2) is 42.0 Å². The van der Waals surface area contributed by atoms with Gasteiger partial charge in [-0.25, -0.2) is 0 Å². The van der Waals surface area contributed by atoms with Gasteiger partial charge in [0.25, 0.3) is 0 Å². The van der Waals surface area contributed by atoms with Crippen molar-refractivity contribution in [2.24, 2.45) is 0 Å². The Labute approximate surface area is 123 Å². The summed E-state index contributed by atoms with van der Waals surface area (Å²) in [5, 5.41) is 0. The summed E-state index contributed by atoms with van der Waals surface area (Å²) in [5.74, 6) is 0. The van der Waals surface area contributed by atoms with Crippen LogP contribution in [0.15, 0.2) is 22.7 Å². The van der Waals surface area contributed by atoms with Crippen molar-refractivity contribution < 1.29 is 0 Å². The Hall–Kier alpha value is -0.580. The van der Waals surface area contributed by atoms with Crippen molar-refractivity contribution in [1.82, 2.24) is 9.80 Å². The van der Waals surface area contributed by atoms with E-state index in [1.54, 1.807) is 0 Å². The molecule has 0 spiro atoms. The number of halogens is 1. The van der Waals surface area contributed by atoms with Gasteiger partial charge in [0.15, 0.2) is 0 Å². The molecule has 1 atom stereocenters. The van der Waals surface area contributed by atoms with E-state index in [1.165, 1.54) is 51.0 Å². The predicted molar refractivity (Wildman–Crippen MR) is 83.0 cm³/mol. The molecule has 0 aliphatic carbocycles. The molecule has 0 aromatic heterocycles. The number of hydrogen-bond acceptors (Lipinski definition) is 3. The monoisotopic (exact) mass is 323 g/mol. The molecule has 2 heterocycles. The molecule has 2 aliphatic heterocycles.